The van der Waals surface area contributed by atoms with Crippen LogP contribution < -0.4 is 4.74 Å². The van der Waals surface area contributed by atoms with E-state index in [1.807, 2.05) is 17.8 Å². The molecule has 0 N–H and O–H groups in total. The van der Waals surface area contributed by atoms with Crippen molar-refractivity contribution in [1.29, 1.82) is 0 Å². The van der Waals surface area contributed by atoms with Gasteiger partial charge in [-0.2, -0.15) is 0 Å². The van der Waals surface area contributed by atoms with Crippen molar-refractivity contribution < 1.29 is 4.74 Å². The molecule has 2 aromatic carbocycles. The first kappa shape index (κ1) is 15.3. The molecule has 0 aliphatic carbocycles. The molecule has 0 aromatic heterocycles. The first-order valence-electron chi connectivity index (χ1n) is 6.67. The summed E-state index contributed by atoms with van der Waals surface area (Å²) in [6, 6.07) is 14.6. The van der Waals surface area contributed by atoms with Crippen LogP contribution in [0.1, 0.15) is 16.7 Å². The number of hydrogen-bond acceptors (Lipinski definition) is 2. The van der Waals surface area contributed by atoms with E-state index in [2.05, 4.69) is 50.2 Å². The predicted molar refractivity (Wildman–Crippen MR) is 88.1 cm³/mol. The van der Waals surface area contributed by atoms with Crippen LogP contribution in [0.3, 0.4) is 0 Å². The number of aryl methyl sites for hydroxylation is 2. The Morgan fingerprint density at radius 1 is 1.05 bits per heavy atom. The number of thioether (sulfide) groups is 1. The lowest BCUT2D eigenvalue weighted by atomic mass is 10.1. The standard InChI is InChI=1S/C17H19ClOS/c1-13-10-15(12-18)11-14(2)17(13)19-8-9-20-16-6-4-3-5-7-16/h3-7,10-11H,8-9,12H2,1-2H3. The van der Waals surface area contributed by atoms with Gasteiger partial charge in [-0.1, -0.05) is 30.3 Å². The summed E-state index contributed by atoms with van der Waals surface area (Å²) in [6.07, 6.45) is 0. The molecule has 0 amide bonds. The summed E-state index contributed by atoms with van der Waals surface area (Å²) in [6.45, 7) is 4.85. The Labute approximate surface area is 130 Å². The SMILES string of the molecule is Cc1cc(CCl)cc(C)c1OCCSc1ccccc1. The van der Waals surface area contributed by atoms with Crippen molar-refractivity contribution in [3.63, 3.8) is 0 Å². The third kappa shape index (κ3) is 4.19. The number of alkyl halides is 1. The summed E-state index contributed by atoms with van der Waals surface area (Å²) in [7, 11) is 0. The lowest BCUT2D eigenvalue weighted by Gasteiger charge is -2.13. The molecular weight excluding hydrogens is 288 g/mol. The van der Waals surface area contributed by atoms with Crippen molar-refractivity contribution in [3.8, 4) is 5.75 Å². The van der Waals surface area contributed by atoms with E-state index < -0.39 is 0 Å². The van der Waals surface area contributed by atoms with Gasteiger partial charge < -0.3 is 4.74 Å². The van der Waals surface area contributed by atoms with Crippen LogP contribution in [-0.4, -0.2) is 12.4 Å². The highest BCUT2D eigenvalue weighted by Crippen LogP contribution is 2.26. The molecule has 0 bridgehead atoms. The Hall–Kier alpha value is -1.12. The van der Waals surface area contributed by atoms with Crippen molar-refractivity contribution in [3.05, 3.63) is 59.2 Å². The van der Waals surface area contributed by atoms with Gasteiger partial charge in [-0.25, -0.2) is 0 Å². The summed E-state index contributed by atoms with van der Waals surface area (Å²) >= 11 is 7.69. The van der Waals surface area contributed by atoms with Gasteiger partial charge in [0.1, 0.15) is 5.75 Å². The molecule has 106 valence electrons. The molecule has 0 aliphatic heterocycles. The van der Waals surface area contributed by atoms with E-state index in [1.165, 1.54) is 4.90 Å². The molecule has 0 aliphatic rings. The number of ether oxygens (including phenoxy) is 1. The van der Waals surface area contributed by atoms with Gasteiger partial charge in [0, 0.05) is 16.5 Å². The molecule has 0 fully saturated rings. The first-order chi connectivity index (χ1) is 9.70. The molecule has 2 aromatic rings. The third-order valence-corrected chi connectivity index (χ3v) is 4.30. The fourth-order valence-electron chi connectivity index (χ4n) is 2.16. The molecule has 0 radical (unpaired) electrons. The minimum atomic E-state index is 0.547. The van der Waals surface area contributed by atoms with Crippen molar-refractivity contribution in [2.45, 2.75) is 24.6 Å². The van der Waals surface area contributed by atoms with Gasteiger partial charge in [0.05, 0.1) is 6.61 Å². The smallest absolute Gasteiger partial charge is 0.125 e. The average molecular weight is 307 g/mol. The maximum Gasteiger partial charge on any atom is 0.125 e. The highest BCUT2D eigenvalue weighted by atomic mass is 35.5. The third-order valence-electron chi connectivity index (χ3n) is 3.02. The number of benzene rings is 2. The molecule has 20 heavy (non-hydrogen) atoms. The zero-order valence-electron chi connectivity index (χ0n) is 11.9. The Bertz CT molecular complexity index is 531. The van der Waals surface area contributed by atoms with Gasteiger partial charge in [0.15, 0.2) is 0 Å². The van der Waals surface area contributed by atoms with E-state index in [1.54, 1.807) is 0 Å². The monoisotopic (exact) mass is 306 g/mol. The fourth-order valence-corrected chi connectivity index (χ4v) is 3.07. The van der Waals surface area contributed by atoms with Crippen LogP contribution >= 0.6 is 23.4 Å². The van der Waals surface area contributed by atoms with E-state index in [-0.39, 0.29) is 0 Å². The Kier molecular flexibility index (Phi) is 5.81. The topological polar surface area (TPSA) is 9.23 Å². The summed E-state index contributed by atoms with van der Waals surface area (Å²) in [4.78, 5) is 1.28. The molecule has 0 atom stereocenters. The molecule has 0 unspecified atom stereocenters. The van der Waals surface area contributed by atoms with Gasteiger partial charge >= 0.3 is 0 Å². The maximum atomic E-state index is 5.92. The molecule has 0 saturated carbocycles. The van der Waals surface area contributed by atoms with Crippen molar-refractivity contribution in [2.75, 3.05) is 12.4 Å². The first-order valence-corrected chi connectivity index (χ1v) is 8.19. The van der Waals surface area contributed by atoms with Crippen LogP contribution in [0.4, 0.5) is 0 Å². The zero-order valence-corrected chi connectivity index (χ0v) is 13.4. The maximum absolute atomic E-state index is 5.92. The van der Waals surface area contributed by atoms with Gasteiger partial charge in [-0.05, 0) is 42.7 Å². The van der Waals surface area contributed by atoms with Crippen LogP contribution in [0.25, 0.3) is 0 Å². The summed E-state index contributed by atoms with van der Waals surface area (Å²) in [5.41, 5.74) is 3.46. The number of halogens is 1. The van der Waals surface area contributed by atoms with E-state index >= 15 is 0 Å². The normalized spacial score (nSPS) is 10.6. The number of hydrogen-bond donors (Lipinski definition) is 0. The highest BCUT2D eigenvalue weighted by Gasteiger charge is 2.06. The van der Waals surface area contributed by atoms with Gasteiger partial charge in [0.25, 0.3) is 0 Å². The average Bonchev–Trinajstić information content (AvgIpc) is 2.46. The van der Waals surface area contributed by atoms with E-state index in [0.29, 0.717) is 12.5 Å². The van der Waals surface area contributed by atoms with E-state index in [0.717, 1.165) is 28.2 Å². The second kappa shape index (κ2) is 7.61. The van der Waals surface area contributed by atoms with Crippen LogP contribution in [0.5, 0.6) is 5.75 Å². The molecule has 1 nitrogen and oxygen atoms in total. The fraction of sp³-hybridized carbons (Fsp3) is 0.294. The number of rotatable bonds is 6. The van der Waals surface area contributed by atoms with Crippen LogP contribution in [0, 0.1) is 13.8 Å². The predicted octanol–water partition coefficient (Wildman–Crippen LogP) is 5.21. The van der Waals surface area contributed by atoms with Crippen molar-refractivity contribution in [2.24, 2.45) is 0 Å². The van der Waals surface area contributed by atoms with E-state index in [4.69, 9.17) is 16.3 Å². The van der Waals surface area contributed by atoms with Gasteiger partial charge in [-0.15, -0.1) is 23.4 Å². The lowest BCUT2D eigenvalue weighted by Crippen LogP contribution is -2.03. The van der Waals surface area contributed by atoms with Gasteiger partial charge in [-0.3, -0.25) is 0 Å². The van der Waals surface area contributed by atoms with Crippen LogP contribution in [0.15, 0.2) is 47.4 Å². The van der Waals surface area contributed by atoms with Crippen LogP contribution in [-0.2, 0) is 5.88 Å². The second-order valence-corrected chi connectivity index (χ2v) is 6.14. The Balaban J connectivity index is 1.88. The Morgan fingerprint density at radius 2 is 1.70 bits per heavy atom. The summed E-state index contributed by atoms with van der Waals surface area (Å²) in [5, 5.41) is 0. The molecule has 0 heterocycles. The molecule has 2 rings (SSSR count). The van der Waals surface area contributed by atoms with Crippen LogP contribution in [0.2, 0.25) is 0 Å². The van der Waals surface area contributed by atoms with Gasteiger partial charge in [0.2, 0.25) is 0 Å². The molecular formula is C17H19ClOS. The quantitative estimate of drug-likeness (QED) is 0.411. The summed E-state index contributed by atoms with van der Waals surface area (Å²) < 4.78 is 5.92. The highest BCUT2D eigenvalue weighted by molar-refractivity contribution is 7.99. The zero-order chi connectivity index (χ0) is 14.4. The largest absolute Gasteiger partial charge is 0.492 e. The lowest BCUT2D eigenvalue weighted by molar-refractivity contribution is 0.339. The molecule has 0 spiro atoms. The van der Waals surface area contributed by atoms with Crippen molar-refractivity contribution in [1.82, 2.24) is 0 Å². The minimum Gasteiger partial charge on any atom is -0.492 e. The summed E-state index contributed by atoms with van der Waals surface area (Å²) in [5.74, 6) is 2.49. The molecule has 3 heteroatoms. The van der Waals surface area contributed by atoms with Crippen molar-refractivity contribution >= 4 is 23.4 Å². The van der Waals surface area contributed by atoms with E-state index in [9.17, 15) is 0 Å². The minimum absolute atomic E-state index is 0.547. The Morgan fingerprint density at radius 3 is 2.30 bits per heavy atom. The molecule has 0 saturated heterocycles. The second-order valence-electron chi connectivity index (χ2n) is 4.70.